The van der Waals surface area contributed by atoms with E-state index in [1.54, 1.807) is 0 Å². The molecule has 1 aliphatic heterocycles. The highest BCUT2D eigenvalue weighted by Gasteiger charge is 2.39. The zero-order valence-electron chi connectivity index (χ0n) is 17.1. The van der Waals surface area contributed by atoms with Gasteiger partial charge in [-0.1, -0.05) is 49.2 Å². The molecule has 2 fully saturated rings. The summed E-state index contributed by atoms with van der Waals surface area (Å²) < 4.78 is 24.0. The molecule has 0 spiro atoms. The molecule has 2 aliphatic rings. The van der Waals surface area contributed by atoms with Gasteiger partial charge in [-0.05, 0) is 48.7 Å². The fourth-order valence-electron chi connectivity index (χ4n) is 4.90. The van der Waals surface area contributed by atoms with Gasteiger partial charge in [0.05, 0.1) is 18.1 Å². The average molecular weight is 415 g/mol. The van der Waals surface area contributed by atoms with Crippen molar-refractivity contribution in [3.8, 4) is 0 Å². The minimum absolute atomic E-state index is 0.0716. The fourth-order valence-corrected chi connectivity index (χ4v) is 6.61. The summed E-state index contributed by atoms with van der Waals surface area (Å²) in [6, 6.07) is 14.7. The molecule has 4 rings (SSSR count). The van der Waals surface area contributed by atoms with Crippen molar-refractivity contribution < 1.29 is 13.2 Å². The van der Waals surface area contributed by atoms with Crippen LogP contribution in [0.4, 0.5) is 0 Å². The van der Waals surface area contributed by atoms with E-state index in [0.717, 1.165) is 25.7 Å². The van der Waals surface area contributed by atoms with E-state index < -0.39 is 9.84 Å². The molecular formula is C23H30N2O3S. The van der Waals surface area contributed by atoms with E-state index in [9.17, 15) is 13.2 Å². The molecule has 0 aromatic heterocycles. The number of carbonyl (C=O) groups is 1. The number of fused-ring (bicyclic) bond motifs is 1. The minimum atomic E-state index is -3.01. The standard InChI is InChI=1S/C23H30N2O3S/c1-24(15-18-10-11-19-6-2-3-7-20(19)14-18)16-23(26)25(21-8-4-5-9-21)22-12-13-29(27,28)17-22/h2-3,6-7,10-11,14,21-22H,4-5,8-9,12-13,15-17H2,1H3. The van der Waals surface area contributed by atoms with Crippen LogP contribution in [0.15, 0.2) is 42.5 Å². The smallest absolute Gasteiger partial charge is 0.237 e. The van der Waals surface area contributed by atoms with E-state index in [-0.39, 0.29) is 29.5 Å². The number of rotatable bonds is 6. The molecule has 0 N–H and O–H groups in total. The normalized spacial score (nSPS) is 21.8. The van der Waals surface area contributed by atoms with E-state index in [1.807, 2.05) is 29.0 Å². The zero-order valence-corrected chi connectivity index (χ0v) is 17.9. The number of sulfone groups is 1. The van der Waals surface area contributed by atoms with Gasteiger partial charge in [0.1, 0.15) is 0 Å². The van der Waals surface area contributed by atoms with Gasteiger partial charge in [-0.3, -0.25) is 9.69 Å². The zero-order chi connectivity index (χ0) is 20.4. The van der Waals surface area contributed by atoms with Gasteiger partial charge in [0.25, 0.3) is 0 Å². The maximum absolute atomic E-state index is 13.2. The summed E-state index contributed by atoms with van der Waals surface area (Å²) in [5.74, 6) is 0.410. The molecule has 5 nitrogen and oxygen atoms in total. The maximum atomic E-state index is 13.2. The molecule has 0 bridgehead atoms. The molecule has 29 heavy (non-hydrogen) atoms. The van der Waals surface area contributed by atoms with Crippen LogP contribution in [0.1, 0.15) is 37.7 Å². The molecule has 1 heterocycles. The summed E-state index contributed by atoms with van der Waals surface area (Å²) >= 11 is 0. The Kier molecular flexibility index (Phi) is 5.93. The van der Waals surface area contributed by atoms with Crippen molar-refractivity contribution in [2.24, 2.45) is 0 Å². The molecule has 2 aromatic rings. The first-order valence-electron chi connectivity index (χ1n) is 10.6. The van der Waals surface area contributed by atoms with E-state index in [2.05, 4.69) is 30.3 Å². The topological polar surface area (TPSA) is 57.7 Å². The first kappa shape index (κ1) is 20.4. The second-order valence-corrected chi connectivity index (χ2v) is 10.9. The predicted molar refractivity (Wildman–Crippen MR) is 116 cm³/mol. The summed E-state index contributed by atoms with van der Waals surface area (Å²) in [5.41, 5.74) is 1.18. The first-order chi connectivity index (χ1) is 13.9. The highest BCUT2D eigenvalue weighted by Crippen LogP contribution is 2.29. The Morgan fingerprint density at radius 3 is 2.41 bits per heavy atom. The molecule has 6 heteroatoms. The van der Waals surface area contributed by atoms with Crippen LogP contribution in [0.25, 0.3) is 10.8 Å². The summed E-state index contributed by atoms with van der Waals surface area (Å²) in [7, 11) is -1.05. The molecule has 1 unspecified atom stereocenters. The van der Waals surface area contributed by atoms with Gasteiger partial charge in [-0.25, -0.2) is 8.42 Å². The Bertz CT molecular complexity index is 983. The molecule has 1 amide bonds. The van der Waals surface area contributed by atoms with Crippen molar-refractivity contribution in [1.82, 2.24) is 9.80 Å². The van der Waals surface area contributed by atoms with Gasteiger partial charge in [0.2, 0.25) is 5.91 Å². The molecule has 156 valence electrons. The highest BCUT2D eigenvalue weighted by molar-refractivity contribution is 7.91. The lowest BCUT2D eigenvalue weighted by atomic mass is 10.1. The van der Waals surface area contributed by atoms with Crippen LogP contribution < -0.4 is 0 Å². The molecule has 1 atom stereocenters. The Morgan fingerprint density at radius 2 is 1.72 bits per heavy atom. The van der Waals surface area contributed by atoms with Crippen molar-refractivity contribution in [1.29, 1.82) is 0 Å². The second kappa shape index (κ2) is 8.44. The summed E-state index contributed by atoms with van der Waals surface area (Å²) in [5, 5.41) is 2.42. The number of hydrogen-bond donors (Lipinski definition) is 0. The third kappa shape index (κ3) is 4.81. The van der Waals surface area contributed by atoms with Crippen LogP contribution >= 0.6 is 0 Å². The van der Waals surface area contributed by atoms with Gasteiger partial charge < -0.3 is 4.90 Å². The quantitative estimate of drug-likeness (QED) is 0.728. The average Bonchev–Trinajstić information content (AvgIpc) is 3.32. The minimum Gasteiger partial charge on any atom is -0.335 e. The predicted octanol–water partition coefficient (Wildman–Crippen LogP) is 3.23. The highest BCUT2D eigenvalue weighted by atomic mass is 32.2. The lowest BCUT2D eigenvalue weighted by Crippen LogP contribution is -2.50. The number of nitrogens with zero attached hydrogens (tertiary/aromatic N) is 2. The molecule has 2 aromatic carbocycles. The maximum Gasteiger partial charge on any atom is 0.237 e. The third-order valence-corrected chi connectivity index (χ3v) is 8.03. The lowest BCUT2D eigenvalue weighted by Gasteiger charge is -2.35. The van der Waals surface area contributed by atoms with Crippen molar-refractivity contribution in [3.63, 3.8) is 0 Å². The Morgan fingerprint density at radius 1 is 1.00 bits per heavy atom. The van der Waals surface area contributed by atoms with Crippen LogP contribution in [-0.4, -0.2) is 61.3 Å². The van der Waals surface area contributed by atoms with Crippen LogP contribution in [0.3, 0.4) is 0 Å². The van der Waals surface area contributed by atoms with Gasteiger partial charge in [-0.2, -0.15) is 0 Å². The van der Waals surface area contributed by atoms with Gasteiger partial charge in [-0.15, -0.1) is 0 Å². The molecule has 0 radical (unpaired) electrons. The summed E-state index contributed by atoms with van der Waals surface area (Å²) in [6.07, 6.45) is 4.83. The van der Waals surface area contributed by atoms with E-state index in [4.69, 9.17) is 0 Å². The van der Waals surface area contributed by atoms with Crippen LogP contribution in [0, 0.1) is 0 Å². The number of likely N-dealkylation sites (N-methyl/N-ethyl adjacent to an activating group) is 1. The van der Waals surface area contributed by atoms with Crippen molar-refractivity contribution >= 4 is 26.5 Å². The number of carbonyl (C=O) groups excluding carboxylic acids is 1. The molecule has 1 aliphatic carbocycles. The Balaban J connectivity index is 1.44. The Hall–Kier alpha value is -1.92. The summed E-state index contributed by atoms with van der Waals surface area (Å²) in [4.78, 5) is 17.2. The lowest BCUT2D eigenvalue weighted by molar-refractivity contribution is -0.136. The van der Waals surface area contributed by atoms with E-state index >= 15 is 0 Å². The molecular weight excluding hydrogens is 384 g/mol. The van der Waals surface area contributed by atoms with E-state index in [1.165, 1.54) is 16.3 Å². The van der Waals surface area contributed by atoms with Crippen LogP contribution in [0.5, 0.6) is 0 Å². The van der Waals surface area contributed by atoms with Crippen molar-refractivity contribution in [2.75, 3.05) is 25.1 Å². The number of hydrogen-bond acceptors (Lipinski definition) is 4. The largest absolute Gasteiger partial charge is 0.335 e. The SMILES string of the molecule is CN(CC(=O)N(C1CCCC1)C1CCS(=O)(=O)C1)Cc1ccc2ccccc2c1. The summed E-state index contributed by atoms with van der Waals surface area (Å²) in [6.45, 7) is 1.01. The Labute approximate surface area is 173 Å². The van der Waals surface area contributed by atoms with Crippen molar-refractivity contribution in [3.05, 3.63) is 48.0 Å². The number of benzene rings is 2. The molecule has 1 saturated heterocycles. The fraction of sp³-hybridized carbons (Fsp3) is 0.522. The van der Waals surface area contributed by atoms with E-state index in [0.29, 0.717) is 19.5 Å². The monoisotopic (exact) mass is 414 g/mol. The van der Waals surface area contributed by atoms with Crippen LogP contribution in [0.2, 0.25) is 0 Å². The van der Waals surface area contributed by atoms with Gasteiger partial charge in [0.15, 0.2) is 9.84 Å². The molecule has 1 saturated carbocycles. The van der Waals surface area contributed by atoms with Crippen LogP contribution in [-0.2, 0) is 21.2 Å². The van der Waals surface area contributed by atoms with Gasteiger partial charge in [0, 0.05) is 18.6 Å². The van der Waals surface area contributed by atoms with Crippen molar-refractivity contribution in [2.45, 2.75) is 50.7 Å². The van der Waals surface area contributed by atoms with Gasteiger partial charge >= 0.3 is 0 Å². The number of amides is 1. The first-order valence-corrected chi connectivity index (χ1v) is 12.4. The second-order valence-electron chi connectivity index (χ2n) is 8.65. The third-order valence-electron chi connectivity index (χ3n) is 6.28.